The second kappa shape index (κ2) is 3.33. The molecule has 0 atom stereocenters. The van der Waals surface area contributed by atoms with Crippen LogP contribution in [0.4, 0.5) is 0 Å². The Morgan fingerprint density at radius 2 is 2.00 bits per heavy atom. The fraction of sp³-hybridized carbons (Fsp3) is 1.00. The summed E-state index contributed by atoms with van der Waals surface area (Å²) in [5.74, 6) is 7.79. The zero-order valence-electron chi connectivity index (χ0n) is 4.89. The summed E-state index contributed by atoms with van der Waals surface area (Å²) >= 11 is 2.02. The van der Waals surface area contributed by atoms with Crippen molar-refractivity contribution in [3.8, 4) is 0 Å². The Bertz CT molecular complexity index is 61.4. The van der Waals surface area contributed by atoms with Gasteiger partial charge in [-0.2, -0.15) is 11.8 Å². The van der Waals surface area contributed by atoms with E-state index in [9.17, 15) is 0 Å². The molecule has 0 amide bonds. The highest BCUT2D eigenvalue weighted by Gasteiger charge is 2.10. The molecule has 1 aliphatic rings. The van der Waals surface area contributed by atoms with Gasteiger partial charge in [0, 0.05) is 6.04 Å². The number of nitrogens with two attached hydrogens (primary N) is 1. The molecule has 0 saturated carbocycles. The zero-order valence-corrected chi connectivity index (χ0v) is 5.71. The van der Waals surface area contributed by atoms with E-state index in [4.69, 9.17) is 5.84 Å². The molecule has 0 aliphatic carbocycles. The molecule has 0 aromatic heterocycles. The van der Waals surface area contributed by atoms with Gasteiger partial charge < -0.3 is 0 Å². The Morgan fingerprint density at radius 1 is 1.38 bits per heavy atom. The van der Waals surface area contributed by atoms with Gasteiger partial charge in [0.05, 0.1) is 0 Å². The maximum Gasteiger partial charge on any atom is 0.0226 e. The van der Waals surface area contributed by atoms with Crippen molar-refractivity contribution in [2.75, 3.05) is 11.5 Å². The van der Waals surface area contributed by atoms with Crippen LogP contribution in [0.15, 0.2) is 0 Å². The second-order valence-electron chi connectivity index (χ2n) is 2.05. The smallest absolute Gasteiger partial charge is 0.0226 e. The lowest BCUT2D eigenvalue weighted by Crippen LogP contribution is -2.37. The number of nitrogens with one attached hydrogen (secondary N) is 1. The van der Waals surface area contributed by atoms with Crippen molar-refractivity contribution in [2.45, 2.75) is 18.9 Å². The summed E-state index contributed by atoms with van der Waals surface area (Å²) in [5, 5.41) is 0. The van der Waals surface area contributed by atoms with Crippen molar-refractivity contribution in [3.63, 3.8) is 0 Å². The third-order valence-electron chi connectivity index (χ3n) is 1.46. The molecule has 1 heterocycles. The minimum atomic E-state index is 0.594. The van der Waals surface area contributed by atoms with Gasteiger partial charge in [0.15, 0.2) is 0 Å². The van der Waals surface area contributed by atoms with Gasteiger partial charge in [-0.25, -0.2) is 0 Å². The summed E-state index contributed by atoms with van der Waals surface area (Å²) in [7, 11) is 0. The third-order valence-corrected chi connectivity index (χ3v) is 2.51. The van der Waals surface area contributed by atoms with Crippen LogP contribution in [0.5, 0.6) is 0 Å². The van der Waals surface area contributed by atoms with Crippen LogP contribution in [0.3, 0.4) is 0 Å². The van der Waals surface area contributed by atoms with E-state index in [1.54, 1.807) is 0 Å². The van der Waals surface area contributed by atoms with Gasteiger partial charge in [-0.05, 0) is 24.3 Å². The first-order chi connectivity index (χ1) is 3.93. The first-order valence-electron chi connectivity index (χ1n) is 2.97. The van der Waals surface area contributed by atoms with Gasteiger partial charge in [-0.15, -0.1) is 0 Å². The van der Waals surface area contributed by atoms with E-state index in [-0.39, 0.29) is 0 Å². The normalized spacial score (nSPS) is 23.6. The third kappa shape index (κ3) is 1.65. The quantitative estimate of drug-likeness (QED) is 0.399. The lowest BCUT2D eigenvalue weighted by molar-refractivity contribution is 0.498. The van der Waals surface area contributed by atoms with Crippen molar-refractivity contribution in [1.29, 1.82) is 0 Å². The van der Waals surface area contributed by atoms with Crippen LogP contribution in [0.1, 0.15) is 12.8 Å². The van der Waals surface area contributed by atoms with Crippen molar-refractivity contribution in [3.05, 3.63) is 0 Å². The van der Waals surface area contributed by atoms with Gasteiger partial charge in [-0.3, -0.25) is 11.3 Å². The second-order valence-corrected chi connectivity index (χ2v) is 3.28. The standard InChI is InChI=1S/C5H12N2S/c6-7-5-1-3-8-4-2-5/h5,7H,1-4,6H2. The molecule has 1 rings (SSSR count). The lowest BCUT2D eigenvalue weighted by atomic mass is 10.2. The predicted octanol–water partition coefficient (Wildman–Crippen LogP) is 0.345. The minimum Gasteiger partial charge on any atom is -0.271 e. The lowest BCUT2D eigenvalue weighted by Gasteiger charge is -2.19. The van der Waals surface area contributed by atoms with E-state index < -0.39 is 0 Å². The zero-order chi connectivity index (χ0) is 5.82. The van der Waals surface area contributed by atoms with Gasteiger partial charge in [-0.1, -0.05) is 0 Å². The Balaban J connectivity index is 2.13. The number of thioether (sulfide) groups is 1. The molecular weight excluding hydrogens is 120 g/mol. The SMILES string of the molecule is NNC1CCSCC1. The van der Waals surface area contributed by atoms with E-state index in [0.29, 0.717) is 6.04 Å². The number of hydrogen-bond donors (Lipinski definition) is 2. The fourth-order valence-corrected chi connectivity index (χ4v) is 1.97. The van der Waals surface area contributed by atoms with Crippen LogP contribution < -0.4 is 11.3 Å². The molecule has 3 heteroatoms. The van der Waals surface area contributed by atoms with E-state index in [0.717, 1.165) is 0 Å². The summed E-state index contributed by atoms with van der Waals surface area (Å²) in [6.07, 6.45) is 2.47. The highest BCUT2D eigenvalue weighted by Crippen LogP contribution is 2.15. The summed E-state index contributed by atoms with van der Waals surface area (Å²) < 4.78 is 0. The topological polar surface area (TPSA) is 38.0 Å². The Labute approximate surface area is 54.2 Å². The largest absolute Gasteiger partial charge is 0.271 e. The van der Waals surface area contributed by atoms with Crippen LogP contribution in [-0.4, -0.2) is 17.5 Å². The fourth-order valence-electron chi connectivity index (χ4n) is 0.864. The van der Waals surface area contributed by atoms with Crippen LogP contribution in [0.2, 0.25) is 0 Å². The molecule has 0 bridgehead atoms. The molecule has 1 aliphatic heterocycles. The Morgan fingerprint density at radius 3 is 2.38 bits per heavy atom. The molecule has 8 heavy (non-hydrogen) atoms. The maximum atomic E-state index is 5.24. The van der Waals surface area contributed by atoms with Crippen LogP contribution >= 0.6 is 11.8 Å². The Hall–Kier alpha value is 0.270. The van der Waals surface area contributed by atoms with Gasteiger partial charge in [0.2, 0.25) is 0 Å². The highest BCUT2D eigenvalue weighted by atomic mass is 32.2. The molecule has 0 spiro atoms. The van der Waals surface area contributed by atoms with Crippen LogP contribution in [0, 0.1) is 0 Å². The van der Waals surface area contributed by atoms with E-state index in [1.807, 2.05) is 11.8 Å². The molecule has 0 aromatic carbocycles. The highest BCUT2D eigenvalue weighted by molar-refractivity contribution is 7.99. The van der Waals surface area contributed by atoms with Crippen LogP contribution in [-0.2, 0) is 0 Å². The molecule has 1 saturated heterocycles. The maximum absolute atomic E-state index is 5.24. The average molecular weight is 132 g/mol. The van der Waals surface area contributed by atoms with Crippen molar-refractivity contribution >= 4 is 11.8 Å². The van der Waals surface area contributed by atoms with Crippen molar-refractivity contribution < 1.29 is 0 Å². The van der Waals surface area contributed by atoms with Gasteiger partial charge in [0.1, 0.15) is 0 Å². The molecule has 48 valence electrons. The number of hydrogen-bond acceptors (Lipinski definition) is 3. The summed E-state index contributed by atoms with van der Waals surface area (Å²) in [6.45, 7) is 0. The van der Waals surface area contributed by atoms with Crippen molar-refractivity contribution in [2.24, 2.45) is 5.84 Å². The Kier molecular flexibility index (Phi) is 2.66. The average Bonchev–Trinajstić information content (AvgIpc) is 1.90. The number of hydrazine groups is 1. The predicted molar refractivity (Wildman–Crippen MR) is 37.7 cm³/mol. The van der Waals surface area contributed by atoms with E-state index >= 15 is 0 Å². The van der Waals surface area contributed by atoms with Gasteiger partial charge in [0.25, 0.3) is 0 Å². The molecule has 0 aromatic rings. The summed E-state index contributed by atoms with van der Waals surface area (Å²) in [6, 6.07) is 0.594. The minimum absolute atomic E-state index is 0.594. The molecule has 0 radical (unpaired) electrons. The molecule has 1 fully saturated rings. The monoisotopic (exact) mass is 132 g/mol. The van der Waals surface area contributed by atoms with Crippen molar-refractivity contribution in [1.82, 2.24) is 5.43 Å². The van der Waals surface area contributed by atoms with Gasteiger partial charge >= 0.3 is 0 Å². The molecule has 2 nitrogen and oxygen atoms in total. The first kappa shape index (κ1) is 6.39. The van der Waals surface area contributed by atoms with E-state index in [1.165, 1.54) is 24.3 Å². The first-order valence-corrected chi connectivity index (χ1v) is 4.13. The van der Waals surface area contributed by atoms with Crippen LogP contribution in [0.25, 0.3) is 0 Å². The molecule has 0 unspecified atom stereocenters. The number of rotatable bonds is 1. The summed E-state index contributed by atoms with van der Waals surface area (Å²) in [4.78, 5) is 0. The molecular formula is C5H12N2S. The molecule has 3 N–H and O–H groups in total. The summed E-state index contributed by atoms with van der Waals surface area (Å²) in [5.41, 5.74) is 2.79. The van der Waals surface area contributed by atoms with E-state index in [2.05, 4.69) is 5.43 Å².